The van der Waals surface area contributed by atoms with Crippen molar-refractivity contribution in [3.8, 4) is 10.6 Å². The zero-order valence-electron chi connectivity index (χ0n) is 14.1. The lowest BCUT2D eigenvalue weighted by Gasteiger charge is -2.06. The molecule has 1 N–H and O–H groups in total. The van der Waals surface area contributed by atoms with Crippen LogP contribution >= 0.6 is 11.3 Å². The van der Waals surface area contributed by atoms with Crippen molar-refractivity contribution in [2.45, 2.75) is 13.0 Å². The molecule has 3 rings (SSSR count). The van der Waals surface area contributed by atoms with E-state index in [0.717, 1.165) is 27.5 Å². The van der Waals surface area contributed by atoms with Crippen molar-refractivity contribution in [3.05, 3.63) is 53.3 Å². The van der Waals surface area contributed by atoms with Crippen LogP contribution in [-0.4, -0.2) is 35.2 Å². The van der Waals surface area contributed by atoms with Crippen molar-refractivity contribution in [3.63, 3.8) is 0 Å². The highest BCUT2D eigenvalue weighted by Gasteiger charge is 2.07. The minimum atomic E-state index is -2.93. The first kappa shape index (κ1) is 17.6. The number of thiazole rings is 1. The Hall–Kier alpha value is -2.19. The Bertz CT molecular complexity index is 943. The fraction of sp³-hybridized carbons (Fsp3) is 0.294. The summed E-state index contributed by atoms with van der Waals surface area (Å²) in [6.45, 7) is 0.638. The summed E-state index contributed by atoms with van der Waals surface area (Å²) >= 11 is 1.60. The van der Waals surface area contributed by atoms with E-state index in [0.29, 0.717) is 13.0 Å². The molecule has 0 spiro atoms. The molecule has 132 valence electrons. The number of hydrogen-bond acceptors (Lipinski definition) is 6. The molecule has 6 nitrogen and oxygen atoms in total. The third-order valence-electron chi connectivity index (χ3n) is 3.69. The zero-order valence-corrected chi connectivity index (χ0v) is 15.8. The summed E-state index contributed by atoms with van der Waals surface area (Å²) in [5, 5.41) is 10.5. The molecule has 2 aromatic heterocycles. The van der Waals surface area contributed by atoms with Gasteiger partial charge in [0.1, 0.15) is 14.8 Å². The van der Waals surface area contributed by atoms with E-state index in [4.69, 9.17) is 0 Å². The number of rotatable bonds is 7. The maximum absolute atomic E-state index is 11.2. The first-order valence-corrected chi connectivity index (χ1v) is 10.8. The van der Waals surface area contributed by atoms with Gasteiger partial charge in [0.2, 0.25) is 0 Å². The second kappa shape index (κ2) is 7.37. The molecule has 0 bridgehead atoms. The highest BCUT2D eigenvalue weighted by atomic mass is 32.2. The molecule has 0 radical (unpaired) electrons. The van der Waals surface area contributed by atoms with Crippen molar-refractivity contribution in [2.75, 3.05) is 17.3 Å². The lowest BCUT2D eigenvalue weighted by Crippen LogP contribution is -2.06. The summed E-state index contributed by atoms with van der Waals surface area (Å²) in [5.74, 6) is 0.176. The second-order valence-corrected chi connectivity index (χ2v) is 9.09. The van der Waals surface area contributed by atoms with E-state index in [1.807, 2.05) is 49.1 Å². The van der Waals surface area contributed by atoms with E-state index in [1.54, 1.807) is 16.0 Å². The molecule has 0 atom stereocenters. The van der Waals surface area contributed by atoms with Gasteiger partial charge in [-0.25, -0.2) is 13.4 Å². The van der Waals surface area contributed by atoms with Crippen molar-refractivity contribution in [1.29, 1.82) is 0 Å². The summed E-state index contributed by atoms with van der Waals surface area (Å²) < 4.78 is 24.2. The van der Waals surface area contributed by atoms with E-state index in [9.17, 15) is 8.42 Å². The van der Waals surface area contributed by atoms with Crippen LogP contribution < -0.4 is 5.32 Å². The minimum absolute atomic E-state index is 0.176. The van der Waals surface area contributed by atoms with Gasteiger partial charge in [-0.1, -0.05) is 12.1 Å². The maximum atomic E-state index is 11.2. The fourth-order valence-electron chi connectivity index (χ4n) is 2.34. The predicted octanol–water partition coefficient (Wildman–Crippen LogP) is 2.74. The molecule has 0 fully saturated rings. The lowest BCUT2D eigenvalue weighted by atomic mass is 10.1. The highest BCUT2D eigenvalue weighted by Crippen LogP contribution is 2.23. The number of nitrogens with zero attached hydrogens (tertiary/aromatic N) is 3. The number of sulfone groups is 1. The fourth-order valence-corrected chi connectivity index (χ4v) is 3.74. The van der Waals surface area contributed by atoms with Gasteiger partial charge in [-0.05, 0) is 24.1 Å². The first-order valence-electron chi connectivity index (χ1n) is 7.83. The Labute approximate surface area is 151 Å². The van der Waals surface area contributed by atoms with Gasteiger partial charge in [0.25, 0.3) is 0 Å². The Kier molecular flexibility index (Phi) is 5.19. The van der Waals surface area contributed by atoms with Gasteiger partial charge in [0, 0.05) is 36.1 Å². The molecule has 0 amide bonds. The molecular weight excluding hydrogens is 356 g/mol. The lowest BCUT2D eigenvalue weighted by molar-refractivity contribution is 0.601. The summed E-state index contributed by atoms with van der Waals surface area (Å²) in [4.78, 5) is 4.62. The number of aryl methyl sites for hydroxylation is 2. The smallest absolute Gasteiger partial charge is 0.147 e. The van der Waals surface area contributed by atoms with Crippen molar-refractivity contribution in [1.82, 2.24) is 14.8 Å². The average Bonchev–Trinajstić information content (AvgIpc) is 3.20. The van der Waals surface area contributed by atoms with Crippen molar-refractivity contribution in [2.24, 2.45) is 7.05 Å². The topological polar surface area (TPSA) is 76.9 Å². The van der Waals surface area contributed by atoms with Gasteiger partial charge >= 0.3 is 0 Å². The van der Waals surface area contributed by atoms with Crippen LogP contribution in [0.2, 0.25) is 0 Å². The zero-order chi connectivity index (χ0) is 17.9. The monoisotopic (exact) mass is 376 g/mol. The van der Waals surface area contributed by atoms with Gasteiger partial charge in [-0.3, -0.25) is 4.68 Å². The van der Waals surface area contributed by atoms with E-state index >= 15 is 0 Å². The van der Waals surface area contributed by atoms with Crippen LogP contribution in [0.25, 0.3) is 10.6 Å². The Morgan fingerprint density at radius 2 is 2.00 bits per heavy atom. The normalized spacial score (nSPS) is 11.6. The van der Waals surface area contributed by atoms with Gasteiger partial charge < -0.3 is 5.32 Å². The van der Waals surface area contributed by atoms with E-state index in [1.165, 1.54) is 6.26 Å². The maximum Gasteiger partial charge on any atom is 0.147 e. The number of anilines is 1. The molecular formula is C17H20N4O2S2. The van der Waals surface area contributed by atoms with Crippen LogP contribution in [0.5, 0.6) is 0 Å². The largest absolute Gasteiger partial charge is 0.379 e. The van der Waals surface area contributed by atoms with Gasteiger partial charge in [-0.15, -0.1) is 11.3 Å². The van der Waals surface area contributed by atoms with Crippen LogP contribution in [-0.2, 0) is 29.9 Å². The SMILES string of the molecule is Cn1cc(-c2nc(CNc3ccc(CCS(C)(=O)=O)cc3)cs2)cn1. The highest BCUT2D eigenvalue weighted by molar-refractivity contribution is 7.90. The Balaban J connectivity index is 1.56. The van der Waals surface area contributed by atoms with E-state index < -0.39 is 9.84 Å². The van der Waals surface area contributed by atoms with Gasteiger partial charge in [-0.2, -0.15) is 5.10 Å². The third kappa shape index (κ3) is 5.14. The molecule has 0 aliphatic heterocycles. The molecule has 0 saturated carbocycles. The molecule has 1 aromatic carbocycles. The second-order valence-electron chi connectivity index (χ2n) is 5.98. The van der Waals surface area contributed by atoms with Crippen LogP contribution in [0.15, 0.2) is 42.0 Å². The predicted molar refractivity (Wildman–Crippen MR) is 101 cm³/mol. The summed E-state index contributed by atoms with van der Waals surface area (Å²) in [6.07, 6.45) is 5.56. The number of benzene rings is 1. The first-order chi connectivity index (χ1) is 11.9. The van der Waals surface area contributed by atoms with Crippen LogP contribution in [0.4, 0.5) is 5.69 Å². The van der Waals surface area contributed by atoms with Crippen LogP contribution in [0, 0.1) is 0 Å². The molecule has 25 heavy (non-hydrogen) atoms. The van der Waals surface area contributed by atoms with E-state index in [-0.39, 0.29) is 5.75 Å². The Morgan fingerprint density at radius 3 is 2.64 bits per heavy atom. The quantitative estimate of drug-likeness (QED) is 0.686. The van der Waals surface area contributed by atoms with Gasteiger partial charge in [0.15, 0.2) is 0 Å². The number of nitrogens with one attached hydrogen (secondary N) is 1. The molecule has 3 aromatic rings. The van der Waals surface area contributed by atoms with Crippen molar-refractivity contribution >= 4 is 26.9 Å². The Morgan fingerprint density at radius 1 is 1.24 bits per heavy atom. The number of aromatic nitrogens is 3. The number of hydrogen-bond donors (Lipinski definition) is 1. The summed E-state index contributed by atoms with van der Waals surface area (Å²) in [5.41, 5.74) is 4.00. The molecule has 0 aliphatic carbocycles. The van der Waals surface area contributed by atoms with Crippen LogP contribution in [0.1, 0.15) is 11.3 Å². The molecule has 0 saturated heterocycles. The van der Waals surface area contributed by atoms with E-state index in [2.05, 4.69) is 15.4 Å². The summed E-state index contributed by atoms with van der Waals surface area (Å²) in [6, 6.07) is 7.84. The molecule has 2 heterocycles. The molecule has 8 heteroatoms. The van der Waals surface area contributed by atoms with Crippen LogP contribution in [0.3, 0.4) is 0 Å². The standard InChI is InChI=1S/C17H20N4O2S2/c1-21-11-14(9-19-21)17-20-16(12-24-17)10-18-15-5-3-13(4-6-15)7-8-25(2,22)23/h3-6,9,11-12,18H,7-8,10H2,1-2H3. The molecule has 0 aliphatic rings. The average molecular weight is 377 g/mol. The minimum Gasteiger partial charge on any atom is -0.379 e. The van der Waals surface area contributed by atoms with Crippen molar-refractivity contribution < 1.29 is 8.42 Å². The summed E-state index contributed by atoms with van der Waals surface area (Å²) in [7, 11) is -1.04. The molecule has 0 unspecified atom stereocenters. The third-order valence-corrected chi connectivity index (χ3v) is 5.58. The van der Waals surface area contributed by atoms with Gasteiger partial charge in [0.05, 0.1) is 24.2 Å².